The van der Waals surface area contributed by atoms with Gasteiger partial charge in [-0.25, -0.2) is 4.39 Å². The van der Waals surface area contributed by atoms with Gasteiger partial charge >= 0.3 is 0 Å². The quantitative estimate of drug-likeness (QED) is 0.667. The van der Waals surface area contributed by atoms with Crippen molar-refractivity contribution in [3.05, 3.63) is 53.8 Å². The molecule has 1 amide bonds. The van der Waals surface area contributed by atoms with E-state index in [0.717, 1.165) is 30.8 Å². The third kappa shape index (κ3) is 3.14. The number of rotatable bonds is 4. The van der Waals surface area contributed by atoms with E-state index in [4.69, 9.17) is 4.74 Å². The van der Waals surface area contributed by atoms with E-state index < -0.39 is 0 Å². The first kappa shape index (κ1) is 17.6. The Kier molecular flexibility index (Phi) is 4.29. The van der Waals surface area contributed by atoms with Crippen LogP contribution in [0.2, 0.25) is 0 Å². The Morgan fingerprint density at radius 3 is 2.71 bits per heavy atom. The monoisotopic (exact) mass is 397 g/mol. The van der Waals surface area contributed by atoms with Crippen molar-refractivity contribution in [1.29, 1.82) is 0 Å². The predicted molar refractivity (Wildman–Crippen MR) is 106 cm³/mol. The smallest absolute Gasteiger partial charge is 0.279 e. The average Bonchev–Trinajstić information content (AvgIpc) is 3.37. The molecule has 3 aromatic rings. The van der Waals surface area contributed by atoms with Crippen molar-refractivity contribution >= 4 is 27.5 Å². The van der Waals surface area contributed by atoms with Gasteiger partial charge in [-0.05, 0) is 36.2 Å². The van der Waals surface area contributed by atoms with Crippen LogP contribution in [-0.4, -0.2) is 45.9 Å². The number of carbonyl (C=O) groups is 1. The maximum Gasteiger partial charge on any atom is 0.279 e. The largest absolute Gasteiger partial charge is 0.431 e. The van der Waals surface area contributed by atoms with Gasteiger partial charge in [0.2, 0.25) is 5.91 Å². The Bertz CT molecular complexity index is 1040. The summed E-state index contributed by atoms with van der Waals surface area (Å²) in [5.74, 6) is 0.541. The molecule has 1 aromatic heterocycles. The Balaban J connectivity index is 1.24. The highest BCUT2D eigenvalue weighted by atomic mass is 32.1. The van der Waals surface area contributed by atoms with E-state index in [2.05, 4.69) is 22.0 Å². The molecular weight excluding hydrogens is 377 g/mol. The third-order valence-corrected chi connectivity index (χ3v) is 6.52. The summed E-state index contributed by atoms with van der Waals surface area (Å²) in [4.78, 5) is 20.3. The van der Waals surface area contributed by atoms with Crippen molar-refractivity contribution in [3.63, 3.8) is 0 Å². The van der Waals surface area contributed by atoms with Crippen LogP contribution >= 0.6 is 11.3 Å². The second kappa shape index (κ2) is 6.83. The zero-order valence-electron chi connectivity index (χ0n) is 15.5. The van der Waals surface area contributed by atoms with Crippen LogP contribution in [0.25, 0.3) is 10.2 Å². The summed E-state index contributed by atoms with van der Waals surface area (Å²) in [6, 6.07) is 13.7. The van der Waals surface area contributed by atoms with E-state index in [1.54, 1.807) is 13.0 Å². The summed E-state index contributed by atoms with van der Waals surface area (Å²) in [5.41, 5.74) is 1.56. The summed E-state index contributed by atoms with van der Waals surface area (Å²) >= 11 is 1.33. The van der Waals surface area contributed by atoms with Crippen molar-refractivity contribution in [2.75, 3.05) is 13.1 Å². The van der Waals surface area contributed by atoms with E-state index in [9.17, 15) is 9.18 Å². The molecule has 2 atom stereocenters. The highest BCUT2D eigenvalue weighted by molar-refractivity contribution is 7.20. The number of nitrogens with zero attached hydrogens (tertiary/aromatic N) is 3. The molecule has 28 heavy (non-hydrogen) atoms. The summed E-state index contributed by atoms with van der Waals surface area (Å²) in [6.07, 6.45) is 1.08. The fourth-order valence-electron chi connectivity index (χ4n) is 4.27. The second-order valence-corrected chi connectivity index (χ2v) is 8.45. The minimum atomic E-state index is -0.331. The van der Waals surface area contributed by atoms with Gasteiger partial charge in [-0.3, -0.25) is 9.69 Å². The molecule has 2 saturated heterocycles. The maximum absolute atomic E-state index is 13.8. The summed E-state index contributed by atoms with van der Waals surface area (Å²) in [5, 5.41) is 0.439. The lowest BCUT2D eigenvalue weighted by atomic mass is 10.2. The van der Waals surface area contributed by atoms with Crippen molar-refractivity contribution in [2.45, 2.75) is 32.0 Å². The zero-order valence-corrected chi connectivity index (χ0v) is 16.3. The molecule has 0 spiro atoms. The van der Waals surface area contributed by atoms with Gasteiger partial charge in [-0.2, -0.15) is 4.98 Å². The lowest BCUT2D eigenvalue weighted by molar-refractivity contribution is -0.131. The number of carbonyl (C=O) groups excluding carboxylic acids is 1. The van der Waals surface area contributed by atoms with Gasteiger partial charge in [0.05, 0.1) is 4.70 Å². The van der Waals surface area contributed by atoms with E-state index in [1.165, 1.54) is 23.0 Å². The molecule has 3 heterocycles. The Labute approximate surface area is 166 Å². The number of halogens is 1. The minimum absolute atomic E-state index is 0.184. The number of hydrogen-bond acceptors (Lipinski definition) is 5. The van der Waals surface area contributed by atoms with E-state index in [1.807, 2.05) is 23.1 Å². The number of fused-ring (bicyclic) bond motifs is 3. The molecule has 2 aliphatic heterocycles. The molecule has 0 saturated carbocycles. The van der Waals surface area contributed by atoms with Gasteiger partial charge in [0, 0.05) is 38.6 Å². The predicted octanol–water partition coefficient (Wildman–Crippen LogP) is 4.03. The number of likely N-dealkylation sites (tertiary alicyclic amines) is 2. The zero-order chi connectivity index (χ0) is 19.3. The number of hydrogen-bond donors (Lipinski definition) is 0. The molecule has 5 nitrogen and oxygen atoms in total. The van der Waals surface area contributed by atoms with Gasteiger partial charge in [-0.1, -0.05) is 29.5 Å². The second-order valence-electron chi connectivity index (χ2n) is 7.46. The first-order chi connectivity index (χ1) is 13.6. The first-order valence-corrected chi connectivity index (χ1v) is 10.2. The Hall–Kier alpha value is -2.51. The number of thiazole rings is 1. The van der Waals surface area contributed by atoms with E-state index in [-0.39, 0.29) is 11.7 Å². The lowest BCUT2D eigenvalue weighted by Gasteiger charge is -2.33. The van der Waals surface area contributed by atoms with Crippen LogP contribution in [0, 0.1) is 5.82 Å². The number of aromatic nitrogens is 1. The van der Waals surface area contributed by atoms with Crippen molar-refractivity contribution in [1.82, 2.24) is 14.8 Å². The van der Waals surface area contributed by atoms with Gasteiger partial charge in [0.1, 0.15) is 17.1 Å². The van der Waals surface area contributed by atoms with Crippen molar-refractivity contribution in [2.24, 2.45) is 0 Å². The Morgan fingerprint density at radius 2 is 2.04 bits per heavy atom. The Morgan fingerprint density at radius 1 is 1.21 bits per heavy atom. The molecule has 0 aliphatic carbocycles. The number of para-hydroxylation sites is 1. The van der Waals surface area contributed by atoms with E-state index in [0.29, 0.717) is 28.5 Å². The van der Waals surface area contributed by atoms with Crippen LogP contribution in [0.3, 0.4) is 0 Å². The topological polar surface area (TPSA) is 45.7 Å². The summed E-state index contributed by atoms with van der Waals surface area (Å²) < 4.78 is 20.4. The molecule has 2 fully saturated rings. The number of benzene rings is 2. The number of amides is 1. The molecular formula is C21H20FN3O2S. The fraction of sp³-hybridized carbons (Fsp3) is 0.333. The SMILES string of the molecule is CC(=O)N1C[C@@H]2C[C@H]1CN2Cc1ccc(Oc2nc3c(F)cccc3s2)cc1. The van der Waals surface area contributed by atoms with Gasteiger partial charge in [0.15, 0.2) is 0 Å². The number of ether oxygens (including phenoxy) is 1. The highest BCUT2D eigenvalue weighted by Gasteiger charge is 2.43. The lowest BCUT2D eigenvalue weighted by Crippen LogP contribution is -2.47. The van der Waals surface area contributed by atoms with E-state index >= 15 is 0 Å². The maximum atomic E-state index is 13.8. The van der Waals surface area contributed by atoms with Crippen LogP contribution in [0.4, 0.5) is 4.39 Å². The molecule has 144 valence electrons. The number of piperazine rings is 1. The third-order valence-electron chi connectivity index (χ3n) is 5.62. The molecule has 2 aliphatic rings. The molecule has 0 radical (unpaired) electrons. The van der Waals surface area contributed by atoms with Gasteiger partial charge in [-0.15, -0.1) is 0 Å². The van der Waals surface area contributed by atoms with Crippen LogP contribution < -0.4 is 4.74 Å². The van der Waals surface area contributed by atoms with Gasteiger partial charge < -0.3 is 9.64 Å². The standard InChI is InChI=1S/C21H20FN3O2S/c1-13(26)25-12-15-9-16(25)11-24(15)10-14-5-7-17(8-6-14)27-21-23-20-18(22)3-2-4-19(20)28-21/h2-8,15-16H,9-12H2,1H3/t15-,16-/m0/s1. The van der Waals surface area contributed by atoms with Crippen LogP contribution in [0.5, 0.6) is 10.9 Å². The van der Waals surface area contributed by atoms with Crippen LogP contribution in [0.1, 0.15) is 18.9 Å². The van der Waals surface area contributed by atoms with Gasteiger partial charge in [0.25, 0.3) is 5.19 Å². The molecule has 5 rings (SSSR count). The van der Waals surface area contributed by atoms with Crippen LogP contribution in [0.15, 0.2) is 42.5 Å². The van der Waals surface area contributed by atoms with Crippen molar-refractivity contribution in [3.8, 4) is 10.9 Å². The van der Waals surface area contributed by atoms with Crippen molar-refractivity contribution < 1.29 is 13.9 Å². The highest BCUT2D eigenvalue weighted by Crippen LogP contribution is 2.34. The molecule has 2 bridgehead atoms. The molecule has 0 N–H and O–H groups in total. The first-order valence-electron chi connectivity index (χ1n) is 9.40. The van der Waals surface area contributed by atoms with Crippen LogP contribution in [-0.2, 0) is 11.3 Å². The summed E-state index contributed by atoms with van der Waals surface area (Å²) in [7, 11) is 0. The normalized spacial score (nSPS) is 21.6. The molecule has 7 heteroatoms. The molecule has 0 unspecified atom stereocenters. The fourth-order valence-corrected chi connectivity index (χ4v) is 5.11. The minimum Gasteiger partial charge on any atom is -0.431 e. The molecule has 2 aromatic carbocycles. The average molecular weight is 397 g/mol. The summed E-state index contributed by atoms with van der Waals surface area (Å²) in [6.45, 7) is 4.32.